The van der Waals surface area contributed by atoms with Gasteiger partial charge in [-0.25, -0.2) is 27.9 Å². The molecule has 2 aliphatic heterocycles. The molecular formula is C22H20F3N7O3. The molecule has 182 valence electrons. The van der Waals surface area contributed by atoms with E-state index in [1.165, 1.54) is 4.90 Å². The Labute approximate surface area is 197 Å². The van der Waals surface area contributed by atoms with Crippen LogP contribution in [0.3, 0.4) is 0 Å². The topological polar surface area (TPSA) is 105 Å². The summed E-state index contributed by atoms with van der Waals surface area (Å²) in [6.07, 6.45) is 4.32. The Balaban J connectivity index is 1.32. The first-order chi connectivity index (χ1) is 16.8. The van der Waals surface area contributed by atoms with Gasteiger partial charge < -0.3 is 19.9 Å². The Morgan fingerprint density at radius 1 is 1.14 bits per heavy atom. The average molecular weight is 487 g/mol. The number of nitrogens with one attached hydrogen (secondary N) is 1. The number of anilines is 2. The normalized spacial score (nSPS) is 19.6. The largest absolute Gasteiger partial charge is 0.458 e. The van der Waals surface area contributed by atoms with Gasteiger partial charge in [-0.15, -0.1) is 0 Å². The van der Waals surface area contributed by atoms with Crippen molar-refractivity contribution in [2.45, 2.75) is 38.6 Å². The molecule has 35 heavy (non-hydrogen) atoms. The summed E-state index contributed by atoms with van der Waals surface area (Å²) in [5, 5.41) is 6.77. The minimum atomic E-state index is -1.61. The summed E-state index contributed by atoms with van der Waals surface area (Å²) >= 11 is 0. The molecule has 13 heteroatoms. The van der Waals surface area contributed by atoms with E-state index in [-0.39, 0.29) is 43.2 Å². The van der Waals surface area contributed by atoms with Crippen LogP contribution in [-0.2, 0) is 17.9 Å². The van der Waals surface area contributed by atoms with Gasteiger partial charge in [-0.3, -0.25) is 9.48 Å². The van der Waals surface area contributed by atoms with E-state index in [9.17, 15) is 22.8 Å². The van der Waals surface area contributed by atoms with Crippen molar-refractivity contribution >= 4 is 23.3 Å². The number of ether oxygens (including phenoxy) is 1. The number of carbonyl (C=O) groups is 2. The van der Waals surface area contributed by atoms with E-state index in [1.807, 2.05) is 0 Å². The molecular weight excluding hydrogens is 467 g/mol. The lowest BCUT2D eigenvalue weighted by atomic mass is 10.2. The quantitative estimate of drug-likeness (QED) is 0.568. The van der Waals surface area contributed by atoms with Gasteiger partial charge in [0.1, 0.15) is 6.10 Å². The first kappa shape index (κ1) is 22.6. The number of hydrogen-bond acceptors (Lipinski definition) is 6. The fraction of sp³-hybridized carbons (Fsp3) is 0.318. The molecule has 2 aromatic heterocycles. The Hall–Kier alpha value is -4.16. The van der Waals surface area contributed by atoms with Gasteiger partial charge in [-0.05, 0) is 13.0 Å². The molecule has 0 spiro atoms. The van der Waals surface area contributed by atoms with Crippen molar-refractivity contribution in [2.75, 3.05) is 16.8 Å². The minimum Gasteiger partial charge on any atom is -0.458 e. The summed E-state index contributed by atoms with van der Waals surface area (Å²) in [4.78, 5) is 36.7. The summed E-state index contributed by atoms with van der Waals surface area (Å²) < 4.78 is 47.8. The second kappa shape index (κ2) is 8.89. The number of carbonyl (C=O) groups excluding carboxylic acids is 2. The van der Waals surface area contributed by atoms with E-state index in [4.69, 9.17) is 4.74 Å². The van der Waals surface area contributed by atoms with Gasteiger partial charge in [-0.1, -0.05) is 0 Å². The third-order valence-corrected chi connectivity index (χ3v) is 5.91. The van der Waals surface area contributed by atoms with Crippen LogP contribution in [0, 0.1) is 17.5 Å². The Morgan fingerprint density at radius 2 is 1.86 bits per heavy atom. The summed E-state index contributed by atoms with van der Waals surface area (Å²) in [6, 6.07) is 2.31. The van der Waals surface area contributed by atoms with E-state index in [2.05, 4.69) is 20.4 Å². The first-order valence-corrected chi connectivity index (χ1v) is 10.8. The maximum absolute atomic E-state index is 13.5. The zero-order valence-electron chi connectivity index (χ0n) is 18.5. The molecule has 0 aliphatic carbocycles. The molecule has 0 radical (unpaired) electrons. The zero-order chi connectivity index (χ0) is 24.7. The lowest BCUT2D eigenvalue weighted by Gasteiger charge is -2.35. The van der Waals surface area contributed by atoms with Crippen LogP contribution in [0.5, 0.6) is 6.01 Å². The number of benzene rings is 1. The second-order valence-electron chi connectivity index (χ2n) is 8.30. The minimum absolute atomic E-state index is 0.0889. The highest BCUT2D eigenvalue weighted by molar-refractivity contribution is 5.97. The van der Waals surface area contributed by atoms with E-state index >= 15 is 0 Å². The molecule has 3 aromatic rings. The van der Waals surface area contributed by atoms with E-state index in [0.717, 1.165) is 0 Å². The monoisotopic (exact) mass is 487 g/mol. The van der Waals surface area contributed by atoms with Crippen LogP contribution in [0.1, 0.15) is 19.0 Å². The van der Waals surface area contributed by atoms with E-state index in [0.29, 0.717) is 30.1 Å². The highest BCUT2D eigenvalue weighted by atomic mass is 19.2. The van der Waals surface area contributed by atoms with Gasteiger partial charge >= 0.3 is 12.0 Å². The predicted molar refractivity (Wildman–Crippen MR) is 116 cm³/mol. The third kappa shape index (κ3) is 4.36. The van der Waals surface area contributed by atoms with Gasteiger partial charge in [-0.2, -0.15) is 5.10 Å². The van der Waals surface area contributed by atoms with Crippen LogP contribution in [0.2, 0.25) is 0 Å². The lowest BCUT2D eigenvalue weighted by molar-refractivity contribution is -0.117. The highest BCUT2D eigenvalue weighted by Crippen LogP contribution is 2.31. The first-order valence-electron chi connectivity index (χ1n) is 10.8. The van der Waals surface area contributed by atoms with Crippen LogP contribution in [-0.4, -0.2) is 55.3 Å². The van der Waals surface area contributed by atoms with E-state index in [1.54, 1.807) is 41.2 Å². The zero-order valence-corrected chi connectivity index (χ0v) is 18.5. The molecule has 10 nitrogen and oxygen atoms in total. The predicted octanol–water partition coefficient (Wildman–Crippen LogP) is 2.71. The SMILES string of the molecule is C[C@H]1Cn2ncc(N3C[C@H](Oc4ncccn4)CC3=O)c2CN1C(=O)Nc1cc(F)c(F)c(F)c1. The number of fused-ring (bicyclic) bond motifs is 1. The van der Waals surface area contributed by atoms with Crippen LogP contribution in [0.25, 0.3) is 0 Å². The van der Waals surface area contributed by atoms with Gasteiger partial charge in [0.15, 0.2) is 17.5 Å². The summed E-state index contributed by atoms with van der Waals surface area (Å²) in [5.41, 5.74) is 0.953. The molecule has 0 bridgehead atoms. The van der Waals surface area contributed by atoms with Gasteiger partial charge in [0.25, 0.3) is 0 Å². The van der Waals surface area contributed by atoms with Gasteiger partial charge in [0.05, 0.1) is 49.7 Å². The van der Waals surface area contributed by atoms with Crippen molar-refractivity contribution in [1.29, 1.82) is 0 Å². The molecule has 1 N–H and O–H groups in total. The number of halogens is 3. The fourth-order valence-corrected chi connectivity index (χ4v) is 4.19. The maximum Gasteiger partial charge on any atom is 0.322 e. The van der Waals surface area contributed by atoms with Crippen molar-refractivity contribution < 1.29 is 27.5 Å². The molecule has 0 saturated carbocycles. The molecule has 4 heterocycles. The van der Waals surface area contributed by atoms with Crippen molar-refractivity contribution in [3.8, 4) is 6.01 Å². The number of rotatable bonds is 4. The fourth-order valence-electron chi connectivity index (χ4n) is 4.19. The Bertz CT molecular complexity index is 1260. The van der Waals surface area contributed by atoms with Crippen LogP contribution in [0.15, 0.2) is 36.8 Å². The van der Waals surface area contributed by atoms with Gasteiger partial charge in [0, 0.05) is 30.2 Å². The summed E-state index contributed by atoms with van der Waals surface area (Å²) in [5.74, 6) is -4.59. The van der Waals surface area contributed by atoms with Crippen molar-refractivity contribution in [3.63, 3.8) is 0 Å². The number of nitrogens with zero attached hydrogens (tertiary/aromatic N) is 6. The van der Waals surface area contributed by atoms with Crippen molar-refractivity contribution in [1.82, 2.24) is 24.6 Å². The Kier molecular flexibility index (Phi) is 5.75. The molecule has 0 unspecified atom stereocenters. The highest BCUT2D eigenvalue weighted by Gasteiger charge is 2.37. The third-order valence-electron chi connectivity index (χ3n) is 5.91. The molecule has 3 amide bonds. The molecule has 2 aliphatic rings. The van der Waals surface area contributed by atoms with Gasteiger partial charge in [0.2, 0.25) is 5.91 Å². The van der Waals surface area contributed by atoms with Crippen molar-refractivity contribution in [3.05, 3.63) is 59.9 Å². The number of amides is 3. The standard InChI is InChI=1S/C22H20F3N7O3/c1-12-9-32-18(11-30(12)22(34)29-13-5-15(23)20(25)16(24)6-13)17(8-28-32)31-10-14(7-19(31)33)35-21-26-3-2-4-27-21/h2-6,8,12,14H,7,9-11H2,1H3,(H,29,34)/t12-,14+/m0/s1. The van der Waals surface area contributed by atoms with Crippen LogP contribution < -0.4 is 15.0 Å². The van der Waals surface area contributed by atoms with Crippen molar-refractivity contribution in [2.24, 2.45) is 0 Å². The molecule has 1 saturated heterocycles. The second-order valence-corrected chi connectivity index (χ2v) is 8.30. The summed E-state index contributed by atoms with van der Waals surface area (Å²) in [6.45, 7) is 2.48. The Morgan fingerprint density at radius 3 is 2.57 bits per heavy atom. The average Bonchev–Trinajstić information content (AvgIpc) is 3.39. The van der Waals surface area contributed by atoms with Crippen LogP contribution >= 0.6 is 0 Å². The molecule has 2 atom stereocenters. The number of hydrogen-bond donors (Lipinski definition) is 1. The molecule has 1 aromatic carbocycles. The molecule has 1 fully saturated rings. The van der Waals surface area contributed by atoms with E-state index < -0.39 is 29.6 Å². The van der Waals surface area contributed by atoms with Crippen LogP contribution in [0.4, 0.5) is 29.3 Å². The summed E-state index contributed by atoms with van der Waals surface area (Å²) in [7, 11) is 0. The lowest BCUT2D eigenvalue weighted by Crippen LogP contribution is -2.47. The smallest absolute Gasteiger partial charge is 0.322 e. The number of urea groups is 1. The maximum atomic E-state index is 13.5. The molecule has 5 rings (SSSR count). The number of aromatic nitrogens is 4.